The highest BCUT2D eigenvalue weighted by atomic mass is 32.2. The number of H-pyrrole nitrogens is 1. The molecule has 2 heterocycles. The van der Waals surface area contributed by atoms with Crippen LogP contribution in [0.2, 0.25) is 0 Å². The number of aromatic nitrogens is 3. The third-order valence-corrected chi connectivity index (χ3v) is 4.68. The first-order chi connectivity index (χ1) is 12.0. The monoisotopic (exact) mass is 365 g/mol. The van der Waals surface area contributed by atoms with Crippen LogP contribution in [0.15, 0.2) is 29.6 Å². The smallest absolute Gasteiger partial charge is 0.387 e. The lowest BCUT2D eigenvalue weighted by Gasteiger charge is -2.08. The Hall–Kier alpha value is -2.35. The molecule has 0 aliphatic carbocycles. The van der Waals surface area contributed by atoms with Gasteiger partial charge >= 0.3 is 6.61 Å². The van der Waals surface area contributed by atoms with Crippen LogP contribution in [-0.2, 0) is 5.75 Å². The minimum atomic E-state index is -2.86. The molecule has 1 aromatic carbocycles. The van der Waals surface area contributed by atoms with Crippen molar-refractivity contribution in [1.82, 2.24) is 15.0 Å². The Kier molecular flexibility index (Phi) is 5.08. The number of imidazole rings is 1. The van der Waals surface area contributed by atoms with Gasteiger partial charge in [-0.05, 0) is 31.5 Å². The van der Waals surface area contributed by atoms with E-state index in [1.165, 1.54) is 17.8 Å². The van der Waals surface area contributed by atoms with Gasteiger partial charge in [0, 0.05) is 23.6 Å². The number of nitrogens with one attached hydrogen (secondary N) is 1. The van der Waals surface area contributed by atoms with E-state index in [9.17, 15) is 8.78 Å². The molecule has 0 aliphatic heterocycles. The number of aryl methyl sites for hydroxylation is 1. The van der Waals surface area contributed by atoms with Gasteiger partial charge in [-0.3, -0.25) is 4.98 Å². The van der Waals surface area contributed by atoms with Crippen LogP contribution in [0.3, 0.4) is 0 Å². The van der Waals surface area contributed by atoms with Gasteiger partial charge in [0.25, 0.3) is 0 Å². The summed E-state index contributed by atoms with van der Waals surface area (Å²) in [4.78, 5) is 12.0. The second-order valence-electron chi connectivity index (χ2n) is 5.43. The van der Waals surface area contributed by atoms with Crippen molar-refractivity contribution in [2.45, 2.75) is 31.4 Å². The average Bonchev–Trinajstić information content (AvgIpc) is 2.95. The Balaban J connectivity index is 1.81. The van der Waals surface area contributed by atoms with Crippen molar-refractivity contribution >= 4 is 22.8 Å². The Morgan fingerprint density at radius 2 is 2.04 bits per heavy atom. The molecular weight excluding hydrogens is 348 g/mol. The molecule has 8 heteroatoms. The summed E-state index contributed by atoms with van der Waals surface area (Å²) >= 11 is 1.48. The Morgan fingerprint density at radius 1 is 1.24 bits per heavy atom. The molecule has 0 atom stereocenters. The molecule has 0 aliphatic rings. The largest absolute Gasteiger partial charge is 0.496 e. The third-order valence-electron chi connectivity index (χ3n) is 3.80. The highest BCUT2D eigenvalue weighted by Crippen LogP contribution is 2.30. The summed E-state index contributed by atoms with van der Waals surface area (Å²) in [5.41, 5.74) is 3.87. The van der Waals surface area contributed by atoms with Crippen LogP contribution in [0.25, 0.3) is 11.0 Å². The zero-order chi connectivity index (χ0) is 18.0. The molecule has 0 amide bonds. The molecule has 0 radical (unpaired) electrons. The van der Waals surface area contributed by atoms with E-state index >= 15 is 0 Å². The van der Waals surface area contributed by atoms with Gasteiger partial charge in [-0.15, -0.1) is 0 Å². The maximum atomic E-state index is 12.4. The summed E-state index contributed by atoms with van der Waals surface area (Å²) in [6.07, 6.45) is 1.71. The quantitative estimate of drug-likeness (QED) is 0.653. The molecule has 0 bridgehead atoms. The standard InChI is InChI=1S/C17H17F2N3O2S/c1-9-6-11-12(7-15(9)24-16(18)19)22-17(21-11)25-8-13-10(2)14(23-3)4-5-20-13/h4-7,16H,8H2,1-3H3,(H,21,22). The van der Waals surface area contributed by atoms with E-state index in [4.69, 9.17) is 4.74 Å². The van der Waals surface area contributed by atoms with Crippen molar-refractivity contribution in [3.05, 3.63) is 41.2 Å². The van der Waals surface area contributed by atoms with Crippen LogP contribution >= 0.6 is 11.8 Å². The number of thioether (sulfide) groups is 1. The summed E-state index contributed by atoms with van der Waals surface area (Å²) in [5.74, 6) is 1.54. The van der Waals surface area contributed by atoms with E-state index in [0.29, 0.717) is 22.0 Å². The normalized spacial score (nSPS) is 11.3. The van der Waals surface area contributed by atoms with E-state index in [1.54, 1.807) is 26.3 Å². The van der Waals surface area contributed by atoms with E-state index in [2.05, 4.69) is 19.7 Å². The lowest BCUT2D eigenvalue weighted by atomic mass is 10.2. The van der Waals surface area contributed by atoms with Crippen LogP contribution in [0.5, 0.6) is 11.5 Å². The van der Waals surface area contributed by atoms with Gasteiger partial charge in [0.15, 0.2) is 5.16 Å². The number of benzene rings is 1. The zero-order valence-corrected chi connectivity index (χ0v) is 14.8. The van der Waals surface area contributed by atoms with Crippen LogP contribution in [0, 0.1) is 13.8 Å². The first-order valence-electron chi connectivity index (χ1n) is 7.54. The van der Waals surface area contributed by atoms with Crippen molar-refractivity contribution in [3.63, 3.8) is 0 Å². The second kappa shape index (κ2) is 7.26. The Bertz CT molecular complexity index is 899. The van der Waals surface area contributed by atoms with Crippen molar-refractivity contribution in [2.75, 3.05) is 7.11 Å². The molecule has 0 saturated heterocycles. The van der Waals surface area contributed by atoms with Crippen LogP contribution in [-0.4, -0.2) is 28.7 Å². The van der Waals surface area contributed by atoms with Gasteiger partial charge in [-0.2, -0.15) is 8.78 Å². The Labute approximate surface area is 147 Å². The second-order valence-corrected chi connectivity index (χ2v) is 6.39. The summed E-state index contributed by atoms with van der Waals surface area (Å²) < 4.78 is 34.7. The van der Waals surface area contributed by atoms with Gasteiger partial charge < -0.3 is 14.5 Å². The number of nitrogens with zero attached hydrogens (tertiary/aromatic N) is 2. The molecule has 0 saturated carbocycles. The van der Waals surface area contributed by atoms with Gasteiger partial charge in [-0.25, -0.2) is 4.98 Å². The molecule has 0 spiro atoms. The van der Waals surface area contributed by atoms with Gasteiger partial charge in [0.2, 0.25) is 0 Å². The number of hydrogen-bond donors (Lipinski definition) is 1. The van der Waals surface area contributed by atoms with E-state index < -0.39 is 6.61 Å². The predicted molar refractivity (Wildman–Crippen MR) is 92.5 cm³/mol. The number of ether oxygens (including phenoxy) is 2. The predicted octanol–water partition coefficient (Wildman–Crippen LogP) is 4.48. The fourth-order valence-electron chi connectivity index (χ4n) is 2.48. The lowest BCUT2D eigenvalue weighted by molar-refractivity contribution is -0.0502. The highest BCUT2D eigenvalue weighted by Gasteiger charge is 2.12. The molecule has 5 nitrogen and oxygen atoms in total. The summed E-state index contributed by atoms with van der Waals surface area (Å²) in [7, 11) is 1.62. The number of hydrogen-bond acceptors (Lipinski definition) is 5. The summed E-state index contributed by atoms with van der Waals surface area (Å²) in [5, 5.41) is 0.688. The molecule has 0 unspecified atom stereocenters. The topological polar surface area (TPSA) is 60.0 Å². The molecule has 1 N–H and O–H groups in total. The number of alkyl halides is 2. The van der Waals surface area contributed by atoms with E-state index in [0.717, 1.165) is 22.5 Å². The van der Waals surface area contributed by atoms with Gasteiger partial charge in [0.05, 0.1) is 23.8 Å². The Morgan fingerprint density at radius 3 is 2.76 bits per heavy atom. The molecule has 2 aromatic heterocycles. The van der Waals surface area contributed by atoms with Gasteiger partial charge in [0.1, 0.15) is 11.5 Å². The van der Waals surface area contributed by atoms with Crippen LogP contribution in [0.4, 0.5) is 8.78 Å². The minimum absolute atomic E-state index is 0.135. The minimum Gasteiger partial charge on any atom is -0.496 e. The highest BCUT2D eigenvalue weighted by molar-refractivity contribution is 7.98. The summed E-state index contributed by atoms with van der Waals surface area (Å²) in [6.45, 7) is 0.817. The average molecular weight is 365 g/mol. The fourth-order valence-corrected chi connectivity index (χ4v) is 3.39. The number of rotatable bonds is 6. The molecule has 3 rings (SSSR count). The van der Waals surface area contributed by atoms with Crippen LogP contribution < -0.4 is 9.47 Å². The molecule has 3 aromatic rings. The number of fused-ring (bicyclic) bond motifs is 1. The SMILES string of the molecule is COc1ccnc(CSc2nc3cc(OC(F)F)c(C)cc3[nH]2)c1C. The van der Waals surface area contributed by atoms with Crippen molar-refractivity contribution < 1.29 is 18.3 Å². The van der Waals surface area contributed by atoms with Crippen LogP contribution in [0.1, 0.15) is 16.8 Å². The first kappa shape index (κ1) is 17.5. The number of aromatic amines is 1. The molecule has 0 fully saturated rings. The zero-order valence-electron chi connectivity index (χ0n) is 14.0. The number of pyridine rings is 1. The maximum Gasteiger partial charge on any atom is 0.387 e. The maximum absolute atomic E-state index is 12.4. The molecule has 25 heavy (non-hydrogen) atoms. The third kappa shape index (κ3) is 3.84. The van der Waals surface area contributed by atoms with Gasteiger partial charge in [-0.1, -0.05) is 11.8 Å². The molecule has 132 valence electrons. The molecular formula is C17H17F2N3O2S. The number of halogens is 2. The fraction of sp³-hybridized carbons (Fsp3) is 0.294. The van der Waals surface area contributed by atoms with Crippen molar-refractivity contribution in [1.29, 1.82) is 0 Å². The lowest BCUT2D eigenvalue weighted by Crippen LogP contribution is -2.03. The van der Waals surface area contributed by atoms with Crippen molar-refractivity contribution in [2.24, 2.45) is 0 Å². The van der Waals surface area contributed by atoms with E-state index in [1.807, 2.05) is 13.0 Å². The number of methoxy groups -OCH3 is 1. The van der Waals surface area contributed by atoms with Crippen molar-refractivity contribution in [3.8, 4) is 11.5 Å². The first-order valence-corrected chi connectivity index (χ1v) is 8.53. The summed E-state index contributed by atoms with van der Waals surface area (Å²) in [6, 6.07) is 5.09. The van der Waals surface area contributed by atoms with E-state index in [-0.39, 0.29) is 5.75 Å².